The summed E-state index contributed by atoms with van der Waals surface area (Å²) in [6.07, 6.45) is -3.89. The van der Waals surface area contributed by atoms with Gasteiger partial charge in [-0.3, -0.25) is 14.9 Å². The molecule has 0 radical (unpaired) electrons. The van der Waals surface area contributed by atoms with Gasteiger partial charge in [0.25, 0.3) is 0 Å². The van der Waals surface area contributed by atoms with Gasteiger partial charge in [-0.1, -0.05) is 30.3 Å². The summed E-state index contributed by atoms with van der Waals surface area (Å²) >= 11 is 0. The van der Waals surface area contributed by atoms with Crippen LogP contribution in [0, 0.1) is 0 Å². The Kier molecular flexibility index (Phi) is 8.65. The molecule has 2 saturated heterocycles. The molecule has 0 spiro atoms. The summed E-state index contributed by atoms with van der Waals surface area (Å²) in [5.74, 6) is -0.452. The van der Waals surface area contributed by atoms with Crippen molar-refractivity contribution in [3.05, 3.63) is 65.7 Å². The van der Waals surface area contributed by atoms with Crippen molar-refractivity contribution in [2.75, 3.05) is 26.2 Å². The van der Waals surface area contributed by atoms with Crippen LogP contribution in [0.15, 0.2) is 54.6 Å². The van der Waals surface area contributed by atoms with Crippen LogP contribution >= 0.6 is 0 Å². The van der Waals surface area contributed by atoms with Crippen LogP contribution in [-0.4, -0.2) is 65.8 Å². The molecule has 0 unspecified atom stereocenters. The summed E-state index contributed by atoms with van der Waals surface area (Å²) in [6.45, 7) is 1.99. The standard InChI is InChI=1S/C26H32F3N3O5S/c27-26(28,29)21-6-8-22(9-7-21)37-23-10-14-32(15-11-23)38(35,36)25(18-24(33)30-34)12-16-31(17-13-25)19-20-4-2-1-3-5-20/h1-9,23,34H,10-19H2,(H,30,33). The van der Waals surface area contributed by atoms with E-state index in [-0.39, 0.29) is 38.5 Å². The Labute approximate surface area is 220 Å². The predicted octanol–water partition coefficient (Wildman–Crippen LogP) is 3.81. The van der Waals surface area contributed by atoms with Crippen LogP contribution < -0.4 is 10.2 Å². The third kappa shape index (κ3) is 6.48. The minimum atomic E-state index is -4.43. The lowest BCUT2D eigenvalue weighted by Gasteiger charge is -2.44. The van der Waals surface area contributed by atoms with E-state index < -0.39 is 32.4 Å². The van der Waals surface area contributed by atoms with Gasteiger partial charge >= 0.3 is 6.18 Å². The molecule has 2 fully saturated rings. The van der Waals surface area contributed by atoms with E-state index in [0.29, 0.717) is 38.2 Å². The Bertz CT molecular complexity index is 1180. The Morgan fingerprint density at radius 2 is 1.61 bits per heavy atom. The number of alkyl halides is 3. The van der Waals surface area contributed by atoms with Crippen molar-refractivity contribution in [1.29, 1.82) is 0 Å². The second-order valence-corrected chi connectivity index (χ2v) is 12.2. The smallest absolute Gasteiger partial charge is 0.416 e. The molecule has 1 amide bonds. The molecule has 2 aliphatic rings. The number of carbonyl (C=O) groups is 1. The average Bonchev–Trinajstić information content (AvgIpc) is 2.90. The minimum absolute atomic E-state index is 0.170. The van der Waals surface area contributed by atoms with Crippen molar-refractivity contribution in [2.24, 2.45) is 0 Å². The van der Waals surface area contributed by atoms with Gasteiger partial charge in [0.15, 0.2) is 0 Å². The Morgan fingerprint density at radius 1 is 1.00 bits per heavy atom. The summed E-state index contributed by atoms with van der Waals surface area (Å²) in [5, 5.41) is 9.14. The zero-order valence-electron chi connectivity index (χ0n) is 20.9. The molecule has 0 aromatic heterocycles. The van der Waals surface area contributed by atoms with E-state index in [9.17, 15) is 26.4 Å². The van der Waals surface area contributed by atoms with Crippen LogP contribution in [-0.2, 0) is 27.5 Å². The number of amides is 1. The van der Waals surface area contributed by atoms with E-state index in [0.717, 1.165) is 17.7 Å². The number of hydroxylamine groups is 1. The van der Waals surface area contributed by atoms with Gasteiger partial charge in [-0.15, -0.1) is 0 Å². The van der Waals surface area contributed by atoms with Gasteiger partial charge in [-0.25, -0.2) is 18.2 Å². The molecule has 0 saturated carbocycles. The fourth-order valence-electron chi connectivity index (χ4n) is 5.20. The number of sulfonamides is 1. The molecule has 4 rings (SSSR count). The van der Waals surface area contributed by atoms with Crippen LogP contribution in [0.3, 0.4) is 0 Å². The quantitative estimate of drug-likeness (QED) is 0.380. The van der Waals surface area contributed by atoms with Crippen LogP contribution in [0.5, 0.6) is 5.75 Å². The molecule has 12 heteroatoms. The number of ether oxygens (including phenoxy) is 1. The molecule has 8 nitrogen and oxygen atoms in total. The fraction of sp³-hybridized carbons (Fsp3) is 0.500. The molecule has 2 aromatic rings. The van der Waals surface area contributed by atoms with Crippen LogP contribution in [0.25, 0.3) is 0 Å². The highest BCUT2D eigenvalue weighted by molar-refractivity contribution is 7.90. The maximum Gasteiger partial charge on any atom is 0.416 e. The zero-order valence-corrected chi connectivity index (χ0v) is 21.7. The van der Waals surface area contributed by atoms with E-state index in [1.54, 1.807) is 5.48 Å². The van der Waals surface area contributed by atoms with E-state index in [2.05, 4.69) is 4.90 Å². The van der Waals surface area contributed by atoms with Crippen LogP contribution in [0.2, 0.25) is 0 Å². The van der Waals surface area contributed by atoms with Gasteiger partial charge in [0.05, 0.1) is 10.3 Å². The van der Waals surface area contributed by atoms with E-state index >= 15 is 0 Å². The topological polar surface area (TPSA) is 99.2 Å². The van der Waals surface area contributed by atoms with Gasteiger partial charge < -0.3 is 4.74 Å². The number of nitrogens with zero attached hydrogens (tertiary/aromatic N) is 2. The maximum absolute atomic E-state index is 13.9. The number of nitrogens with one attached hydrogen (secondary N) is 1. The lowest BCUT2D eigenvalue weighted by molar-refractivity contribution is -0.137. The lowest BCUT2D eigenvalue weighted by Crippen LogP contribution is -2.57. The summed E-state index contributed by atoms with van der Waals surface area (Å²) in [6, 6.07) is 14.3. The predicted molar refractivity (Wildman–Crippen MR) is 134 cm³/mol. The van der Waals surface area contributed by atoms with Crippen LogP contribution in [0.4, 0.5) is 13.2 Å². The molecule has 0 aliphatic carbocycles. The summed E-state index contributed by atoms with van der Waals surface area (Å²) < 4.78 is 72.0. The number of hydrogen-bond donors (Lipinski definition) is 2. The highest BCUT2D eigenvalue weighted by Crippen LogP contribution is 2.38. The Balaban J connectivity index is 1.39. The normalized spacial score (nSPS) is 19.7. The van der Waals surface area contributed by atoms with Crippen molar-refractivity contribution in [2.45, 2.75) is 55.7 Å². The van der Waals surface area contributed by atoms with E-state index in [4.69, 9.17) is 9.94 Å². The number of piperidine rings is 2. The third-order valence-corrected chi connectivity index (χ3v) is 10.1. The Hall–Kier alpha value is -2.67. The lowest BCUT2D eigenvalue weighted by atomic mass is 9.91. The third-order valence-electron chi connectivity index (χ3n) is 7.40. The minimum Gasteiger partial charge on any atom is -0.490 e. The van der Waals surface area contributed by atoms with Crippen molar-refractivity contribution >= 4 is 15.9 Å². The molecule has 38 heavy (non-hydrogen) atoms. The van der Waals surface area contributed by atoms with Crippen molar-refractivity contribution in [3.63, 3.8) is 0 Å². The number of likely N-dealkylation sites (tertiary alicyclic amines) is 1. The Morgan fingerprint density at radius 3 is 2.16 bits per heavy atom. The molecule has 2 aliphatic heterocycles. The molecule has 0 bridgehead atoms. The number of carbonyl (C=O) groups excluding carboxylic acids is 1. The molecule has 0 atom stereocenters. The molecule has 2 aromatic carbocycles. The average molecular weight is 556 g/mol. The van der Waals surface area contributed by atoms with Crippen LogP contribution in [0.1, 0.15) is 43.2 Å². The number of hydrogen-bond acceptors (Lipinski definition) is 6. The second-order valence-electron chi connectivity index (χ2n) is 9.90. The summed E-state index contributed by atoms with van der Waals surface area (Å²) in [5.41, 5.74) is 1.94. The highest BCUT2D eigenvalue weighted by Gasteiger charge is 2.50. The molecule has 2 N–H and O–H groups in total. The molecule has 2 heterocycles. The fourth-order valence-corrected chi connectivity index (χ4v) is 7.45. The number of rotatable bonds is 8. The number of halogens is 3. The molecular formula is C26H32F3N3O5S. The SMILES string of the molecule is O=C(CC1(S(=O)(=O)N2CCC(Oc3ccc(C(F)(F)F)cc3)CC2)CCN(Cc2ccccc2)CC1)NO. The summed E-state index contributed by atoms with van der Waals surface area (Å²) in [4.78, 5) is 14.3. The van der Waals surface area contributed by atoms with Gasteiger partial charge in [-0.2, -0.15) is 13.2 Å². The molecular weight excluding hydrogens is 523 g/mol. The van der Waals surface area contributed by atoms with Gasteiger partial charge in [-0.05, 0) is 55.5 Å². The van der Waals surface area contributed by atoms with Gasteiger partial charge in [0, 0.05) is 39.1 Å². The van der Waals surface area contributed by atoms with E-state index in [1.807, 2.05) is 30.3 Å². The first-order valence-corrected chi connectivity index (χ1v) is 14.0. The van der Waals surface area contributed by atoms with E-state index in [1.165, 1.54) is 16.4 Å². The number of benzene rings is 2. The zero-order chi connectivity index (χ0) is 27.4. The molecule has 208 valence electrons. The highest BCUT2D eigenvalue weighted by atomic mass is 32.2. The first-order chi connectivity index (χ1) is 18.0. The monoisotopic (exact) mass is 555 g/mol. The maximum atomic E-state index is 13.9. The first-order valence-electron chi connectivity index (χ1n) is 12.6. The van der Waals surface area contributed by atoms with Gasteiger partial charge in [0.1, 0.15) is 11.9 Å². The second kappa shape index (κ2) is 11.6. The van der Waals surface area contributed by atoms with Crippen molar-refractivity contribution in [1.82, 2.24) is 14.7 Å². The summed E-state index contributed by atoms with van der Waals surface area (Å²) in [7, 11) is -3.91. The van der Waals surface area contributed by atoms with Crippen molar-refractivity contribution in [3.8, 4) is 5.75 Å². The first kappa shape index (κ1) is 28.3. The van der Waals surface area contributed by atoms with Crippen molar-refractivity contribution < 1.29 is 36.3 Å². The largest absolute Gasteiger partial charge is 0.490 e. The van der Waals surface area contributed by atoms with Gasteiger partial charge in [0.2, 0.25) is 15.9 Å².